The van der Waals surface area contributed by atoms with Gasteiger partial charge in [-0.1, -0.05) is 18.2 Å². The van der Waals surface area contributed by atoms with Gasteiger partial charge >= 0.3 is 0 Å². The summed E-state index contributed by atoms with van der Waals surface area (Å²) in [7, 11) is 1.73. The Labute approximate surface area is 163 Å². The fraction of sp³-hybridized carbons (Fsp3) is 0.611. The van der Waals surface area contributed by atoms with E-state index in [4.69, 9.17) is 10.5 Å². The predicted molar refractivity (Wildman–Crippen MR) is 111 cm³/mol. The molecular weight excluding hydrogens is 415 g/mol. The maximum atomic E-state index is 6.16. The maximum absolute atomic E-state index is 6.16. The second kappa shape index (κ2) is 10.8. The quantitative estimate of drug-likeness (QED) is 0.398. The van der Waals surface area contributed by atoms with Gasteiger partial charge in [0.1, 0.15) is 5.75 Å². The molecule has 1 fully saturated rings. The summed E-state index contributed by atoms with van der Waals surface area (Å²) in [5.74, 6) is 1.56. The van der Waals surface area contributed by atoms with Crippen LogP contribution >= 0.6 is 24.0 Å². The van der Waals surface area contributed by atoms with E-state index in [-0.39, 0.29) is 30.0 Å². The minimum absolute atomic E-state index is 0. The summed E-state index contributed by atoms with van der Waals surface area (Å²) in [6, 6.07) is 8.47. The van der Waals surface area contributed by atoms with Crippen molar-refractivity contribution in [1.29, 1.82) is 0 Å². The number of guanidine groups is 1. The van der Waals surface area contributed by atoms with Crippen LogP contribution in [0, 0.1) is 0 Å². The van der Waals surface area contributed by atoms with E-state index >= 15 is 0 Å². The van der Waals surface area contributed by atoms with Gasteiger partial charge in [-0.25, -0.2) is 0 Å². The van der Waals surface area contributed by atoms with Crippen LogP contribution in [0.3, 0.4) is 0 Å². The third kappa shape index (κ3) is 5.24. The lowest BCUT2D eigenvalue weighted by Crippen LogP contribution is -2.38. The number of halogens is 1. The first-order valence-electron chi connectivity index (χ1n) is 8.63. The molecule has 0 aromatic heterocycles. The highest BCUT2D eigenvalue weighted by Crippen LogP contribution is 2.31. The highest BCUT2D eigenvalue weighted by molar-refractivity contribution is 14.0. The van der Waals surface area contributed by atoms with E-state index in [0.29, 0.717) is 12.5 Å². The van der Waals surface area contributed by atoms with Crippen molar-refractivity contribution in [1.82, 2.24) is 9.80 Å². The number of hydrogen-bond donors (Lipinski definition) is 1. The van der Waals surface area contributed by atoms with Crippen LogP contribution in [-0.4, -0.2) is 55.6 Å². The van der Waals surface area contributed by atoms with Crippen molar-refractivity contribution >= 4 is 29.9 Å². The van der Waals surface area contributed by atoms with Crippen LogP contribution in [-0.2, 0) is 0 Å². The SMILES string of the molecule is CCN(CC)C(N)=NCC(c1ccccc1OC)N1CCCC1.I. The van der Waals surface area contributed by atoms with Gasteiger partial charge in [0.15, 0.2) is 5.96 Å². The average molecular weight is 446 g/mol. The Kier molecular flexibility index (Phi) is 9.43. The Balaban J connectivity index is 0.00000288. The number of benzene rings is 1. The Morgan fingerprint density at radius 3 is 2.46 bits per heavy atom. The average Bonchev–Trinajstić information content (AvgIpc) is 3.11. The van der Waals surface area contributed by atoms with Gasteiger partial charge in [-0.2, -0.15) is 0 Å². The van der Waals surface area contributed by atoms with Crippen LogP contribution in [0.1, 0.15) is 38.3 Å². The van der Waals surface area contributed by atoms with E-state index in [1.54, 1.807) is 7.11 Å². The number of rotatable bonds is 7. The van der Waals surface area contributed by atoms with Crippen LogP contribution in [0.15, 0.2) is 29.3 Å². The van der Waals surface area contributed by atoms with Crippen molar-refractivity contribution < 1.29 is 4.74 Å². The van der Waals surface area contributed by atoms with Gasteiger partial charge in [-0.15, -0.1) is 24.0 Å². The first-order valence-corrected chi connectivity index (χ1v) is 8.63. The monoisotopic (exact) mass is 446 g/mol. The predicted octanol–water partition coefficient (Wildman–Crippen LogP) is 3.11. The number of nitrogens with zero attached hydrogens (tertiary/aromatic N) is 3. The molecule has 2 N–H and O–H groups in total. The Bertz CT molecular complexity index is 513. The number of para-hydroxylation sites is 1. The van der Waals surface area contributed by atoms with Gasteiger partial charge in [0.05, 0.1) is 19.7 Å². The van der Waals surface area contributed by atoms with Crippen molar-refractivity contribution in [3.63, 3.8) is 0 Å². The standard InChI is InChI=1S/C18H30N4O.HI/c1-4-21(5-2)18(19)20-14-16(22-12-8-9-13-22)15-10-6-7-11-17(15)23-3;/h6-7,10-11,16H,4-5,8-9,12-14H2,1-3H3,(H2,19,20);1H. The summed E-state index contributed by atoms with van der Waals surface area (Å²) in [5, 5.41) is 0. The van der Waals surface area contributed by atoms with Crippen LogP contribution in [0.5, 0.6) is 5.75 Å². The molecule has 1 aromatic carbocycles. The van der Waals surface area contributed by atoms with Crippen LogP contribution in [0.25, 0.3) is 0 Å². The molecule has 1 aliphatic heterocycles. The summed E-state index contributed by atoms with van der Waals surface area (Å²) in [4.78, 5) is 9.27. The van der Waals surface area contributed by atoms with Crippen LogP contribution in [0.4, 0.5) is 0 Å². The highest BCUT2D eigenvalue weighted by Gasteiger charge is 2.25. The van der Waals surface area contributed by atoms with E-state index < -0.39 is 0 Å². The number of aliphatic imine (C=N–C) groups is 1. The fourth-order valence-electron chi connectivity index (χ4n) is 3.23. The Morgan fingerprint density at radius 2 is 1.88 bits per heavy atom. The van der Waals surface area contributed by atoms with Gasteiger partial charge in [0, 0.05) is 18.7 Å². The van der Waals surface area contributed by atoms with Crippen molar-refractivity contribution in [3.8, 4) is 5.75 Å². The minimum Gasteiger partial charge on any atom is -0.496 e. The summed E-state index contributed by atoms with van der Waals surface area (Å²) in [6.07, 6.45) is 2.50. The molecule has 6 heteroatoms. The molecule has 136 valence electrons. The molecule has 0 amide bonds. The minimum atomic E-state index is 0. The maximum Gasteiger partial charge on any atom is 0.191 e. The zero-order valence-corrected chi connectivity index (χ0v) is 17.4. The summed E-state index contributed by atoms with van der Waals surface area (Å²) in [5.41, 5.74) is 7.36. The number of methoxy groups -OCH3 is 1. The van der Waals surface area contributed by atoms with Crippen molar-refractivity contribution in [2.75, 3.05) is 39.8 Å². The first kappa shape index (κ1) is 21.0. The summed E-state index contributed by atoms with van der Waals surface area (Å²) >= 11 is 0. The molecule has 5 nitrogen and oxygen atoms in total. The third-order valence-electron chi connectivity index (χ3n) is 4.59. The molecule has 1 atom stereocenters. The number of nitrogens with two attached hydrogens (primary N) is 1. The molecule has 0 aliphatic carbocycles. The molecule has 1 heterocycles. The van der Waals surface area contributed by atoms with E-state index in [9.17, 15) is 0 Å². The second-order valence-electron chi connectivity index (χ2n) is 5.87. The third-order valence-corrected chi connectivity index (χ3v) is 4.59. The zero-order valence-electron chi connectivity index (χ0n) is 15.1. The molecule has 0 saturated carbocycles. The molecule has 0 bridgehead atoms. The first-order chi connectivity index (χ1) is 11.2. The normalized spacial score (nSPS) is 16.5. The number of likely N-dealkylation sites (tertiary alicyclic amines) is 1. The molecule has 0 radical (unpaired) electrons. The smallest absolute Gasteiger partial charge is 0.191 e. The molecule has 1 aliphatic rings. The summed E-state index contributed by atoms with van der Waals surface area (Å²) < 4.78 is 5.57. The highest BCUT2D eigenvalue weighted by atomic mass is 127. The van der Waals surface area contributed by atoms with Gasteiger partial charge in [0.25, 0.3) is 0 Å². The molecular formula is C18H31IN4O. The number of ether oxygens (including phenoxy) is 1. The van der Waals surface area contributed by atoms with Gasteiger partial charge in [-0.05, 0) is 45.8 Å². The Hall–Kier alpha value is -1.02. The van der Waals surface area contributed by atoms with Crippen molar-refractivity contribution in [2.45, 2.75) is 32.7 Å². The number of hydrogen-bond acceptors (Lipinski definition) is 3. The molecule has 1 saturated heterocycles. The lowest BCUT2D eigenvalue weighted by Gasteiger charge is -2.28. The topological polar surface area (TPSA) is 54.1 Å². The van der Waals surface area contributed by atoms with Crippen molar-refractivity contribution in [2.24, 2.45) is 10.7 Å². The molecule has 0 spiro atoms. The van der Waals surface area contributed by atoms with E-state index in [1.165, 1.54) is 18.4 Å². The molecule has 2 rings (SSSR count). The molecule has 1 aromatic rings. The fourth-order valence-corrected chi connectivity index (χ4v) is 3.23. The Morgan fingerprint density at radius 1 is 1.25 bits per heavy atom. The van der Waals surface area contributed by atoms with Crippen LogP contribution in [0.2, 0.25) is 0 Å². The lowest BCUT2D eigenvalue weighted by atomic mass is 10.0. The largest absolute Gasteiger partial charge is 0.496 e. The van der Waals surface area contributed by atoms with Gasteiger partial charge < -0.3 is 15.4 Å². The van der Waals surface area contributed by atoms with Gasteiger partial charge in [0.2, 0.25) is 0 Å². The summed E-state index contributed by atoms with van der Waals surface area (Å²) in [6.45, 7) is 8.87. The molecule has 24 heavy (non-hydrogen) atoms. The van der Waals surface area contributed by atoms with Crippen molar-refractivity contribution in [3.05, 3.63) is 29.8 Å². The molecule has 1 unspecified atom stereocenters. The second-order valence-corrected chi connectivity index (χ2v) is 5.87. The van der Waals surface area contributed by atoms with Gasteiger partial charge in [-0.3, -0.25) is 9.89 Å². The zero-order chi connectivity index (χ0) is 16.7. The van der Waals surface area contributed by atoms with E-state index in [2.05, 4.69) is 40.8 Å². The van der Waals surface area contributed by atoms with Crippen LogP contribution < -0.4 is 10.5 Å². The van der Waals surface area contributed by atoms with E-state index in [1.807, 2.05) is 12.1 Å². The lowest BCUT2D eigenvalue weighted by molar-refractivity contribution is 0.245. The van der Waals surface area contributed by atoms with E-state index in [0.717, 1.165) is 31.9 Å².